The Balaban J connectivity index is 3.38. The Labute approximate surface area is 121 Å². The van der Waals surface area contributed by atoms with Gasteiger partial charge in [-0.3, -0.25) is 0 Å². The van der Waals surface area contributed by atoms with Gasteiger partial charge in [-0.05, 0) is 33.9 Å². The molecule has 0 fully saturated rings. The number of benzene rings is 1. The average molecular weight is 277 g/mol. The summed E-state index contributed by atoms with van der Waals surface area (Å²) in [4.78, 5) is 10.6. The van der Waals surface area contributed by atoms with Crippen molar-refractivity contribution >= 4 is 5.97 Å². The lowest BCUT2D eigenvalue weighted by Crippen LogP contribution is -2.18. The SMILES string of the molecule is CC(C)(C)c1cc(CCC([O])=O)cc(C(C)(C)C)c1O. The maximum atomic E-state index is 10.6. The fourth-order valence-corrected chi connectivity index (χ4v) is 2.23. The monoisotopic (exact) mass is 277 g/mol. The molecule has 3 heteroatoms. The molecule has 0 unspecified atom stereocenters. The number of carbonyl (C=O) groups excluding carboxylic acids is 1. The summed E-state index contributed by atoms with van der Waals surface area (Å²) in [5, 5.41) is 21.2. The van der Waals surface area contributed by atoms with E-state index < -0.39 is 5.97 Å². The van der Waals surface area contributed by atoms with E-state index in [4.69, 9.17) is 0 Å². The molecule has 111 valence electrons. The van der Waals surface area contributed by atoms with E-state index in [1.54, 1.807) is 0 Å². The van der Waals surface area contributed by atoms with Gasteiger partial charge in [0.05, 0.1) is 6.42 Å². The predicted molar refractivity (Wildman–Crippen MR) is 79.5 cm³/mol. The van der Waals surface area contributed by atoms with E-state index in [2.05, 4.69) is 0 Å². The molecule has 0 heterocycles. The van der Waals surface area contributed by atoms with Crippen molar-refractivity contribution in [2.24, 2.45) is 0 Å². The smallest absolute Gasteiger partial charge is 0.355 e. The van der Waals surface area contributed by atoms with Crippen LogP contribution in [0.15, 0.2) is 12.1 Å². The Morgan fingerprint density at radius 3 is 1.70 bits per heavy atom. The van der Waals surface area contributed by atoms with Crippen molar-refractivity contribution in [2.45, 2.75) is 65.2 Å². The molecule has 0 amide bonds. The van der Waals surface area contributed by atoms with Gasteiger partial charge in [-0.15, -0.1) is 0 Å². The molecule has 0 aliphatic heterocycles. The lowest BCUT2D eigenvalue weighted by Gasteiger charge is -2.28. The van der Waals surface area contributed by atoms with Crippen LogP contribution in [0.5, 0.6) is 5.75 Å². The van der Waals surface area contributed by atoms with Gasteiger partial charge < -0.3 is 5.11 Å². The predicted octanol–water partition coefficient (Wildman–Crippen LogP) is 3.88. The van der Waals surface area contributed by atoms with Crippen LogP contribution < -0.4 is 0 Å². The molecule has 0 spiro atoms. The van der Waals surface area contributed by atoms with E-state index in [0.717, 1.165) is 16.7 Å². The molecule has 1 rings (SSSR count). The van der Waals surface area contributed by atoms with Gasteiger partial charge in [0.25, 0.3) is 0 Å². The fourth-order valence-electron chi connectivity index (χ4n) is 2.23. The second-order valence-electron chi connectivity index (χ2n) is 7.41. The molecule has 1 aromatic carbocycles. The Morgan fingerprint density at radius 2 is 1.40 bits per heavy atom. The third-order valence-corrected chi connectivity index (χ3v) is 3.40. The first-order valence-corrected chi connectivity index (χ1v) is 6.99. The van der Waals surface area contributed by atoms with Crippen LogP contribution in [0.25, 0.3) is 0 Å². The summed E-state index contributed by atoms with van der Waals surface area (Å²) in [5.41, 5.74) is 2.27. The number of aromatic hydroxyl groups is 1. The van der Waals surface area contributed by atoms with Gasteiger partial charge in [0, 0.05) is 0 Å². The summed E-state index contributed by atoms with van der Waals surface area (Å²) >= 11 is 0. The number of phenolic OH excluding ortho intramolecular Hbond substituents is 1. The van der Waals surface area contributed by atoms with Gasteiger partial charge in [0.2, 0.25) is 0 Å². The molecule has 0 aliphatic rings. The van der Waals surface area contributed by atoms with Crippen LogP contribution in [0, 0.1) is 0 Å². The second kappa shape index (κ2) is 5.47. The van der Waals surface area contributed by atoms with Crippen molar-refractivity contribution in [3.63, 3.8) is 0 Å². The molecule has 0 atom stereocenters. The topological polar surface area (TPSA) is 57.2 Å². The number of hydrogen-bond acceptors (Lipinski definition) is 2. The standard InChI is InChI=1S/C17H25O3/c1-16(2,3)12-9-11(7-8-14(18)19)10-13(15(12)20)17(4,5)6/h9-10,20H,7-8H2,1-6H3. The zero-order valence-electron chi connectivity index (χ0n) is 13.3. The number of carbonyl (C=O) groups is 1. The first-order valence-electron chi connectivity index (χ1n) is 6.99. The van der Waals surface area contributed by atoms with Crippen molar-refractivity contribution in [1.29, 1.82) is 0 Å². The Hall–Kier alpha value is -1.51. The number of rotatable bonds is 3. The quantitative estimate of drug-likeness (QED) is 0.911. The first kappa shape index (κ1) is 16.5. The summed E-state index contributed by atoms with van der Waals surface area (Å²) in [6.07, 6.45) is 0.423. The highest BCUT2D eigenvalue weighted by Crippen LogP contribution is 2.39. The molecule has 0 aromatic heterocycles. The number of aryl methyl sites for hydroxylation is 1. The van der Waals surface area contributed by atoms with Gasteiger partial charge in [-0.1, -0.05) is 53.7 Å². The Bertz CT molecular complexity index is 467. The van der Waals surface area contributed by atoms with Crippen molar-refractivity contribution in [3.05, 3.63) is 28.8 Å². The van der Waals surface area contributed by atoms with Crippen LogP contribution in [-0.2, 0) is 27.2 Å². The maximum absolute atomic E-state index is 10.6. The third-order valence-electron chi connectivity index (χ3n) is 3.40. The van der Waals surface area contributed by atoms with Crippen molar-refractivity contribution in [2.75, 3.05) is 0 Å². The van der Waals surface area contributed by atoms with Gasteiger partial charge in [0.1, 0.15) is 5.75 Å². The Morgan fingerprint density at radius 1 is 1.00 bits per heavy atom. The third kappa shape index (κ3) is 3.99. The normalized spacial score (nSPS) is 12.5. The van der Waals surface area contributed by atoms with E-state index in [-0.39, 0.29) is 17.3 Å². The lowest BCUT2D eigenvalue weighted by atomic mass is 9.78. The summed E-state index contributed by atoms with van der Waals surface area (Å²) < 4.78 is 0. The Kier molecular flexibility index (Phi) is 4.52. The van der Waals surface area contributed by atoms with E-state index in [9.17, 15) is 15.0 Å². The molecule has 0 aliphatic carbocycles. The minimum absolute atomic E-state index is 0.00204. The molecule has 3 nitrogen and oxygen atoms in total. The van der Waals surface area contributed by atoms with Crippen LogP contribution >= 0.6 is 0 Å². The van der Waals surface area contributed by atoms with Gasteiger partial charge in [-0.2, -0.15) is 0 Å². The molecule has 0 saturated carbocycles. The maximum Gasteiger partial charge on any atom is 0.355 e. The van der Waals surface area contributed by atoms with Gasteiger partial charge in [0.15, 0.2) is 0 Å². The zero-order chi connectivity index (χ0) is 15.7. The minimum Gasteiger partial charge on any atom is -0.507 e. The van der Waals surface area contributed by atoms with E-state index in [0.29, 0.717) is 12.2 Å². The molecule has 0 saturated heterocycles. The van der Waals surface area contributed by atoms with Crippen molar-refractivity contribution in [3.8, 4) is 5.75 Å². The molecule has 1 radical (unpaired) electrons. The first-order chi connectivity index (χ1) is 8.93. The van der Waals surface area contributed by atoms with Crippen LogP contribution in [0.2, 0.25) is 0 Å². The van der Waals surface area contributed by atoms with Gasteiger partial charge in [-0.25, -0.2) is 9.90 Å². The van der Waals surface area contributed by atoms with E-state index in [1.165, 1.54) is 0 Å². The highest BCUT2D eigenvalue weighted by molar-refractivity contribution is 5.66. The molecule has 1 aromatic rings. The molecule has 1 N–H and O–H groups in total. The molecule has 0 bridgehead atoms. The summed E-state index contributed by atoms with van der Waals surface area (Å²) in [6.45, 7) is 12.2. The number of phenols is 1. The van der Waals surface area contributed by atoms with E-state index >= 15 is 0 Å². The van der Waals surface area contributed by atoms with E-state index in [1.807, 2.05) is 53.7 Å². The highest BCUT2D eigenvalue weighted by atomic mass is 16.4. The van der Waals surface area contributed by atoms with Crippen LogP contribution in [0.4, 0.5) is 0 Å². The summed E-state index contributed by atoms with van der Waals surface area (Å²) in [6, 6.07) is 3.82. The summed E-state index contributed by atoms with van der Waals surface area (Å²) in [7, 11) is 0. The minimum atomic E-state index is -1.05. The lowest BCUT2D eigenvalue weighted by molar-refractivity contribution is -0.143. The summed E-state index contributed by atoms with van der Waals surface area (Å²) in [5.74, 6) is -0.727. The van der Waals surface area contributed by atoms with Crippen molar-refractivity contribution in [1.82, 2.24) is 0 Å². The molecule has 20 heavy (non-hydrogen) atoms. The fraction of sp³-hybridized carbons (Fsp3) is 0.588. The zero-order valence-corrected chi connectivity index (χ0v) is 13.3. The molecular weight excluding hydrogens is 252 g/mol. The van der Waals surface area contributed by atoms with Crippen LogP contribution in [0.1, 0.15) is 64.7 Å². The van der Waals surface area contributed by atoms with Crippen LogP contribution in [-0.4, -0.2) is 11.1 Å². The average Bonchev–Trinajstić information content (AvgIpc) is 2.24. The largest absolute Gasteiger partial charge is 0.507 e. The highest BCUT2D eigenvalue weighted by Gasteiger charge is 2.26. The van der Waals surface area contributed by atoms with Crippen LogP contribution in [0.3, 0.4) is 0 Å². The molecular formula is C17H25O3. The van der Waals surface area contributed by atoms with Crippen molar-refractivity contribution < 1.29 is 15.0 Å². The second-order valence-corrected chi connectivity index (χ2v) is 7.41. The van der Waals surface area contributed by atoms with Gasteiger partial charge >= 0.3 is 5.97 Å². The number of hydrogen-bond donors (Lipinski definition) is 1.